The fourth-order valence-electron chi connectivity index (χ4n) is 1.29. The molecule has 0 aliphatic heterocycles. The van der Waals surface area contributed by atoms with Crippen LogP contribution in [-0.4, -0.2) is 27.2 Å². The molecular weight excluding hydrogens is 212 g/mol. The highest BCUT2D eigenvalue weighted by molar-refractivity contribution is 7.84. The first-order valence-corrected chi connectivity index (χ1v) is 6.68. The predicted octanol–water partition coefficient (Wildman–Crippen LogP) is 1.15. The summed E-state index contributed by atoms with van der Waals surface area (Å²) < 4.78 is 16.4. The molecule has 5 heteroatoms. The zero-order chi connectivity index (χ0) is 11.4. The number of nitrogens with one attached hydrogen (secondary N) is 1. The highest BCUT2D eigenvalue weighted by Crippen LogP contribution is 2.07. The van der Waals surface area contributed by atoms with Gasteiger partial charge in [-0.15, -0.1) is 0 Å². The molecule has 0 bridgehead atoms. The van der Waals surface area contributed by atoms with Crippen LogP contribution in [0.5, 0.6) is 0 Å². The third-order valence-electron chi connectivity index (χ3n) is 2.16. The van der Waals surface area contributed by atoms with E-state index in [-0.39, 0.29) is 6.04 Å². The molecule has 0 saturated carbocycles. The molecule has 0 saturated heterocycles. The molecule has 0 aliphatic rings. The summed E-state index contributed by atoms with van der Waals surface area (Å²) in [7, 11) is -0.766. The number of hydrogen-bond acceptors (Lipinski definition) is 4. The van der Waals surface area contributed by atoms with Crippen molar-refractivity contribution in [2.45, 2.75) is 33.4 Å². The van der Waals surface area contributed by atoms with Crippen molar-refractivity contribution in [1.29, 1.82) is 0 Å². The van der Waals surface area contributed by atoms with Crippen LogP contribution in [0.1, 0.15) is 24.3 Å². The second-order valence-corrected chi connectivity index (χ2v) is 5.25. The maximum Gasteiger partial charge on any atom is 0.208 e. The predicted molar refractivity (Wildman–Crippen MR) is 61.2 cm³/mol. The molecule has 4 nitrogen and oxygen atoms in total. The molecule has 0 amide bonds. The van der Waals surface area contributed by atoms with Gasteiger partial charge in [0.1, 0.15) is 5.76 Å². The Morgan fingerprint density at radius 2 is 2.20 bits per heavy atom. The summed E-state index contributed by atoms with van der Waals surface area (Å²) in [5, 5.41) is 3.22. The van der Waals surface area contributed by atoms with Gasteiger partial charge in [-0.05, 0) is 20.8 Å². The zero-order valence-corrected chi connectivity index (χ0v) is 10.5. The molecule has 2 unspecified atom stereocenters. The fourth-order valence-corrected chi connectivity index (χ4v) is 2.11. The summed E-state index contributed by atoms with van der Waals surface area (Å²) in [5.41, 5.74) is 0.929. The first kappa shape index (κ1) is 12.4. The number of hydrogen-bond donors (Lipinski definition) is 1. The zero-order valence-electron chi connectivity index (χ0n) is 9.66. The van der Waals surface area contributed by atoms with Gasteiger partial charge in [-0.2, -0.15) is 0 Å². The van der Waals surface area contributed by atoms with E-state index in [1.807, 2.05) is 20.8 Å². The molecule has 0 spiro atoms. The molecule has 1 aromatic rings. The van der Waals surface area contributed by atoms with E-state index >= 15 is 0 Å². The quantitative estimate of drug-likeness (QED) is 0.824. The van der Waals surface area contributed by atoms with Gasteiger partial charge < -0.3 is 9.73 Å². The second-order valence-electron chi connectivity index (χ2n) is 3.77. The fraction of sp³-hybridized carbons (Fsp3) is 0.700. The van der Waals surface area contributed by atoms with E-state index in [1.54, 1.807) is 6.26 Å². The second kappa shape index (κ2) is 5.42. The minimum atomic E-state index is -0.766. The monoisotopic (exact) mass is 230 g/mol. The largest absolute Gasteiger partial charge is 0.444 e. The van der Waals surface area contributed by atoms with Crippen molar-refractivity contribution in [2.75, 3.05) is 12.0 Å². The molecule has 1 aromatic heterocycles. The molecular formula is C10H18N2O2S. The van der Waals surface area contributed by atoms with Gasteiger partial charge in [0, 0.05) is 28.9 Å². The summed E-state index contributed by atoms with van der Waals surface area (Å²) >= 11 is 0. The van der Waals surface area contributed by atoms with Crippen LogP contribution in [0.4, 0.5) is 0 Å². The van der Waals surface area contributed by atoms with E-state index in [2.05, 4.69) is 10.3 Å². The first-order chi connectivity index (χ1) is 6.99. The first-order valence-electron chi connectivity index (χ1n) is 4.95. The SMILES string of the molecule is Cc1nc(CNC(C)CS(C)=O)oc1C. The Morgan fingerprint density at radius 1 is 1.53 bits per heavy atom. The van der Waals surface area contributed by atoms with E-state index in [0.717, 1.165) is 11.5 Å². The molecule has 0 aliphatic carbocycles. The smallest absolute Gasteiger partial charge is 0.208 e. The van der Waals surface area contributed by atoms with Crippen molar-refractivity contribution in [3.63, 3.8) is 0 Å². The van der Waals surface area contributed by atoms with Crippen LogP contribution >= 0.6 is 0 Å². The number of nitrogens with zero attached hydrogens (tertiary/aromatic N) is 1. The van der Waals surface area contributed by atoms with Crippen molar-refractivity contribution in [2.24, 2.45) is 0 Å². The maximum absolute atomic E-state index is 11.0. The van der Waals surface area contributed by atoms with E-state index in [1.165, 1.54) is 0 Å². The standard InChI is InChI=1S/C10H18N2O2S/c1-7(6-15(4)13)11-5-10-12-8(2)9(3)14-10/h7,11H,5-6H2,1-4H3. The lowest BCUT2D eigenvalue weighted by molar-refractivity contribution is 0.436. The average molecular weight is 230 g/mol. The van der Waals surface area contributed by atoms with Gasteiger partial charge in [-0.3, -0.25) is 4.21 Å². The van der Waals surface area contributed by atoms with E-state index in [9.17, 15) is 4.21 Å². The Bertz CT molecular complexity index is 330. The number of rotatable bonds is 5. The van der Waals surface area contributed by atoms with E-state index in [4.69, 9.17) is 4.42 Å². The van der Waals surface area contributed by atoms with Crippen molar-refractivity contribution in [3.8, 4) is 0 Å². The molecule has 0 radical (unpaired) electrons. The highest BCUT2D eigenvalue weighted by atomic mass is 32.2. The summed E-state index contributed by atoms with van der Waals surface area (Å²) in [6.07, 6.45) is 1.71. The maximum atomic E-state index is 11.0. The van der Waals surface area contributed by atoms with E-state index in [0.29, 0.717) is 18.2 Å². The van der Waals surface area contributed by atoms with Gasteiger partial charge in [0.05, 0.1) is 12.2 Å². The molecule has 15 heavy (non-hydrogen) atoms. The van der Waals surface area contributed by atoms with Crippen molar-refractivity contribution < 1.29 is 8.63 Å². The number of oxazole rings is 1. The molecule has 2 atom stereocenters. The lowest BCUT2D eigenvalue weighted by Gasteiger charge is -2.09. The Hall–Kier alpha value is -0.680. The summed E-state index contributed by atoms with van der Waals surface area (Å²) in [4.78, 5) is 4.26. The van der Waals surface area contributed by atoms with Gasteiger partial charge >= 0.3 is 0 Å². The van der Waals surface area contributed by atoms with Crippen LogP contribution in [0, 0.1) is 13.8 Å². The topological polar surface area (TPSA) is 55.1 Å². The lowest BCUT2D eigenvalue weighted by Crippen LogP contribution is -2.30. The number of aryl methyl sites for hydroxylation is 2. The minimum absolute atomic E-state index is 0.211. The van der Waals surface area contributed by atoms with Crippen LogP contribution < -0.4 is 5.32 Å². The number of aromatic nitrogens is 1. The molecule has 1 heterocycles. The van der Waals surface area contributed by atoms with Crippen LogP contribution in [0.3, 0.4) is 0 Å². The van der Waals surface area contributed by atoms with Gasteiger partial charge in [-0.25, -0.2) is 4.98 Å². The normalized spacial score (nSPS) is 15.2. The van der Waals surface area contributed by atoms with Crippen LogP contribution in [0.15, 0.2) is 4.42 Å². The lowest BCUT2D eigenvalue weighted by atomic mass is 10.4. The van der Waals surface area contributed by atoms with Crippen molar-refractivity contribution in [1.82, 2.24) is 10.3 Å². The average Bonchev–Trinajstić information content (AvgIpc) is 2.42. The Balaban J connectivity index is 2.40. The third kappa shape index (κ3) is 4.13. The van der Waals surface area contributed by atoms with Gasteiger partial charge in [-0.1, -0.05) is 0 Å². The van der Waals surface area contributed by atoms with Crippen molar-refractivity contribution >= 4 is 10.8 Å². The van der Waals surface area contributed by atoms with Gasteiger partial charge in [0.25, 0.3) is 0 Å². The van der Waals surface area contributed by atoms with Crippen molar-refractivity contribution in [3.05, 3.63) is 17.3 Å². The molecule has 0 fully saturated rings. The summed E-state index contributed by atoms with van der Waals surface area (Å²) in [6.45, 7) is 6.42. The third-order valence-corrected chi connectivity index (χ3v) is 3.13. The van der Waals surface area contributed by atoms with Gasteiger partial charge in [0.2, 0.25) is 5.89 Å². The van der Waals surface area contributed by atoms with Crippen LogP contribution in [0.25, 0.3) is 0 Å². The molecule has 86 valence electrons. The Kier molecular flexibility index (Phi) is 4.47. The van der Waals surface area contributed by atoms with Crippen LogP contribution in [0.2, 0.25) is 0 Å². The van der Waals surface area contributed by atoms with Gasteiger partial charge in [0.15, 0.2) is 0 Å². The highest BCUT2D eigenvalue weighted by Gasteiger charge is 2.08. The molecule has 1 N–H and O–H groups in total. The molecule has 1 rings (SSSR count). The van der Waals surface area contributed by atoms with Crippen LogP contribution in [-0.2, 0) is 17.3 Å². The summed E-state index contributed by atoms with van der Waals surface area (Å²) in [6, 6.07) is 0.211. The Labute approximate surface area is 92.9 Å². The van der Waals surface area contributed by atoms with E-state index < -0.39 is 10.8 Å². The summed E-state index contributed by atoms with van der Waals surface area (Å²) in [5.74, 6) is 2.20. The minimum Gasteiger partial charge on any atom is -0.444 e. The Morgan fingerprint density at radius 3 is 2.67 bits per heavy atom. The molecule has 0 aromatic carbocycles.